The van der Waals surface area contributed by atoms with Gasteiger partial charge in [0.05, 0.1) is 10.7 Å². The van der Waals surface area contributed by atoms with E-state index >= 15 is 0 Å². The third kappa shape index (κ3) is 3.32. The first-order valence-corrected chi connectivity index (χ1v) is 6.46. The van der Waals surface area contributed by atoms with E-state index in [0.29, 0.717) is 16.3 Å². The van der Waals surface area contributed by atoms with Crippen molar-refractivity contribution in [3.05, 3.63) is 58.1 Å². The average Bonchev–Trinajstić information content (AvgIpc) is 2.40. The van der Waals surface area contributed by atoms with E-state index in [9.17, 15) is 4.79 Å². The molecule has 0 atom stereocenters. The Morgan fingerprint density at radius 1 is 1.05 bits per heavy atom. The van der Waals surface area contributed by atoms with Gasteiger partial charge in [0.2, 0.25) is 0 Å². The zero-order valence-corrected chi connectivity index (χ0v) is 11.7. The van der Waals surface area contributed by atoms with Crippen molar-refractivity contribution in [1.29, 1.82) is 0 Å². The van der Waals surface area contributed by atoms with Gasteiger partial charge >= 0.3 is 7.12 Å². The molecular weight excluding hydrogens is 300 g/mol. The van der Waals surface area contributed by atoms with Crippen LogP contribution in [0.2, 0.25) is 10.0 Å². The summed E-state index contributed by atoms with van der Waals surface area (Å²) >= 11 is 11.8. The molecule has 1 amide bonds. The number of anilines is 1. The van der Waals surface area contributed by atoms with Gasteiger partial charge in [-0.2, -0.15) is 0 Å². The molecule has 4 nitrogen and oxygen atoms in total. The maximum Gasteiger partial charge on any atom is 0.489 e. The van der Waals surface area contributed by atoms with E-state index in [1.165, 1.54) is 18.2 Å². The van der Waals surface area contributed by atoms with Crippen molar-refractivity contribution >= 4 is 47.4 Å². The molecule has 0 aliphatic carbocycles. The van der Waals surface area contributed by atoms with E-state index in [1.807, 2.05) is 0 Å². The Morgan fingerprint density at radius 2 is 1.75 bits per heavy atom. The van der Waals surface area contributed by atoms with Crippen LogP contribution >= 0.6 is 23.2 Å². The molecule has 102 valence electrons. The van der Waals surface area contributed by atoms with Crippen LogP contribution in [0.4, 0.5) is 5.69 Å². The van der Waals surface area contributed by atoms with E-state index in [4.69, 9.17) is 33.2 Å². The standard InChI is InChI=1S/C13H10BCl2NO3/c15-10-3-1-2-4-12(10)17-13(18)8-5-6-9(14(19)20)11(16)7-8/h1-7,19-20H,(H,17,18). The van der Waals surface area contributed by atoms with Gasteiger partial charge in [0, 0.05) is 16.0 Å². The predicted octanol–water partition coefficient (Wildman–Crippen LogP) is 1.93. The molecule has 7 heteroatoms. The van der Waals surface area contributed by atoms with Crippen molar-refractivity contribution in [2.75, 3.05) is 5.32 Å². The summed E-state index contributed by atoms with van der Waals surface area (Å²) in [5.74, 6) is -0.390. The van der Waals surface area contributed by atoms with Crippen LogP contribution < -0.4 is 10.8 Å². The summed E-state index contributed by atoms with van der Waals surface area (Å²) in [6.07, 6.45) is 0. The number of rotatable bonds is 3. The number of hydrogen-bond donors (Lipinski definition) is 3. The van der Waals surface area contributed by atoms with Crippen LogP contribution in [0.25, 0.3) is 0 Å². The highest BCUT2D eigenvalue weighted by atomic mass is 35.5. The summed E-state index contributed by atoms with van der Waals surface area (Å²) in [7, 11) is -1.68. The van der Waals surface area contributed by atoms with Gasteiger partial charge in [-0.25, -0.2) is 0 Å². The van der Waals surface area contributed by atoms with Crippen LogP contribution in [0, 0.1) is 0 Å². The molecule has 0 bridgehead atoms. The minimum Gasteiger partial charge on any atom is -0.423 e. The van der Waals surface area contributed by atoms with E-state index in [2.05, 4.69) is 5.32 Å². The molecule has 0 heterocycles. The van der Waals surface area contributed by atoms with Crippen LogP contribution in [0.15, 0.2) is 42.5 Å². The second kappa shape index (κ2) is 6.28. The average molecular weight is 310 g/mol. The zero-order chi connectivity index (χ0) is 14.7. The third-order valence-corrected chi connectivity index (χ3v) is 3.32. The quantitative estimate of drug-likeness (QED) is 0.759. The van der Waals surface area contributed by atoms with Crippen molar-refractivity contribution < 1.29 is 14.8 Å². The molecule has 0 saturated heterocycles. The molecule has 0 fully saturated rings. The predicted molar refractivity (Wildman–Crippen MR) is 80.7 cm³/mol. The lowest BCUT2D eigenvalue weighted by atomic mass is 9.80. The van der Waals surface area contributed by atoms with Gasteiger partial charge in [-0.15, -0.1) is 0 Å². The largest absolute Gasteiger partial charge is 0.489 e. The fourth-order valence-corrected chi connectivity index (χ4v) is 2.10. The first-order chi connectivity index (χ1) is 9.49. The third-order valence-electron chi connectivity index (χ3n) is 2.66. The SMILES string of the molecule is O=C(Nc1ccccc1Cl)c1ccc(B(O)O)c(Cl)c1. The minimum atomic E-state index is -1.68. The van der Waals surface area contributed by atoms with Crippen molar-refractivity contribution in [2.45, 2.75) is 0 Å². The molecule has 2 aromatic carbocycles. The van der Waals surface area contributed by atoms with E-state index in [-0.39, 0.29) is 16.4 Å². The van der Waals surface area contributed by atoms with Crippen LogP contribution in [0.3, 0.4) is 0 Å². The Labute approximate surface area is 126 Å². The Morgan fingerprint density at radius 3 is 2.35 bits per heavy atom. The molecule has 0 aliphatic heterocycles. The number of halogens is 2. The number of carbonyl (C=O) groups excluding carboxylic acids is 1. The Hall–Kier alpha value is -1.53. The van der Waals surface area contributed by atoms with Crippen LogP contribution in [-0.2, 0) is 0 Å². The Bertz CT molecular complexity index is 649. The molecule has 0 aliphatic rings. The summed E-state index contributed by atoms with van der Waals surface area (Å²) in [4.78, 5) is 12.0. The number of benzene rings is 2. The monoisotopic (exact) mass is 309 g/mol. The van der Waals surface area contributed by atoms with Gasteiger partial charge in [0.1, 0.15) is 0 Å². The fraction of sp³-hybridized carbons (Fsp3) is 0. The first kappa shape index (κ1) is 14.9. The highest BCUT2D eigenvalue weighted by Gasteiger charge is 2.17. The first-order valence-electron chi connectivity index (χ1n) is 5.70. The molecule has 0 unspecified atom stereocenters. The number of para-hydroxylation sites is 1. The maximum atomic E-state index is 12.0. The molecule has 20 heavy (non-hydrogen) atoms. The lowest BCUT2D eigenvalue weighted by molar-refractivity contribution is 0.102. The van der Waals surface area contributed by atoms with Crippen molar-refractivity contribution in [3.63, 3.8) is 0 Å². The summed E-state index contributed by atoms with van der Waals surface area (Å²) in [6.45, 7) is 0. The highest BCUT2D eigenvalue weighted by Crippen LogP contribution is 2.21. The molecule has 0 spiro atoms. The summed E-state index contributed by atoms with van der Waals surface area (Å²) in [5.41, 5.74) is 0.918. The molecule has 2 aromatic rings. The summed E-state index contributed by atoms with van der Waals surface area (Å²) in [6, 6.07) is 11.0. The van der Waals surface area contributed by atoms with Gasteiger partial charge < -0.3 is 15.4 Å². The lowest BCUT2D eigenvalue weighted by Gasteiger charge is -2.09. The summed E-state index contributed by atoms with van der Waals surface area (Å²) < 4.78 is 0. The normalized spacial score (nSPS) is 10.2. The molecule has 0 aromatic heterocycles. The number of nitrogens with one attached hydrogen (secondary N) is 1. The maximum absolute atomic E-state index is 12.0. The van der Waals surface area contributed by atoms with Gasteiger partial charge in [-0.05, 0) is 24.3 Å². The number of carbonyl (C=O) groups is 1. The molecule has 3 N–H and O–H groups in total. The van der Waals surface area contributed by atoms with Gasteiger partial charge in [0.25, 0.3) is 5.91 Å². The second-order valence-corrected chi connectivity index (χ2v) is 4.86. The van der Waals surface area contributed by atoms with Crippen molar-refractivity contribution in [3.8, 4) is 0 Å². The van der Waals surface area contributed by atoms with Crippen LogP contribution in [0.5, 0.6) is 0 Å². The number of amides is 1. The molecular formula is C13H10BCl2NO3. The lowest BCUT2D eigenvalue weighted by Crippen LogP contribution is -2.31. The van der Waals surface area contributed by atoms with Gasteiger partial charge in [0.15, 0.2) is 0 Å². The molecule has 2 rings (SSSR count). The van der Waals surface area contributed by atoms with Crippen LogP contribution in [0.1, 0.15) is 10.4 Å². The number of hydrogen-bond acceptors (Lipinski definition) is 3. The Balaban J connectivity index is 2.22. The van der Waals surface area contributed by atoms with Crippen molar-refractivity contribution in [1.82, 2.24) is 0 Å². The second-order valence-electron chi connectivity index (χ2n) is 4.04. The topological polar surface area (TPSA) is 69.6 Å². The fourth-order valence-electron chi connectivity index (χ4n) is 1.63. The van der Waals surface area contributed by atoms with E-state index < -0.39 is 7.12 Å². The van der Waals surface area contributed by atoms with E-state index in [0.717, 1.165) is 0 Å². The van der Waals surface area contributed by atoms with E-state index in [1.54, 1.807) is 24.3 Å². The van der Waals surface area contributed by atoms with Crippen molar-refractivity contribution in [2.24, 2.45) is 0 Å². The Kier molecular flexibility index (Phi) is 4.67. The minimum absolute atomic E-state index is 0.104. The van der Waals surface area contributed by atoms with Gasteiger partial charge in [-0.3, -0.25) is 4.79 Å². The smallest absolute Gasteiger partial charge is 0.423 e. The summed E-state index contributed by atoms with van der Waals surface area (Å²) in [5, 5.41) is 21.3. The van der Waals surface area contributed by atoms with Crippen LogP contribution in [-0.4, -0.2) is 23.1 Å². The highest BCUT2D eigenvalue weighted by molar-refractivity contribution is 6.62. The zero-order valence-electron chi connectivity index (χ0n) is 10.2. The van der Waals surface area contributed by atoms with Gasteiger partial charge in [-0.1, -0.05) is 41.4 Å². The molecule has 0 saturated carbocycles. The molecule has 0 radical (unpaired) electrons.